The molecule has 7 heteroatoms. The number of phenols is 1. The Morgan fingerprint density at radius 2 is 1.47 bits per heavy atom. The Morgan fingerprint density at radius 3 is 2.09 bits per heavy atom. The largest absolute Gasteiger partial charge is 0.508 e. The van der Waals surface area contributed by atoms with Crippen LogP contribution in [0, 0.1) is 36.5 Å². The van der Waals surface area contributed by atoms with Crippen LogP contribution in [-0.2, 0) is 19.2 Å². The molecule has 0 aromatic heterocycles. The molecule has 34 heavy (non-hydrogen) atoms. The Balaban J connectivity index is 1.62. The van der Waals surface area contributed by atoms with Gasteiger partial charge in [0.25, 0.3) is 0 Å². The van der Waals surface area contributed by atoms with Crippen molar-refractivity contribution in [3.8, 4) is 5.75 Å². The first-order valence-corrected chi connectivity index (χ1v) is 12.5. The quantitative estimate of drug-likeness (QED) is 0.534. The summed E-state index contributed by atoms with van der Waals surface area (Å²) < 4.78 is 0. The summed E-state index contributed by atoms with van der Waals surface area (Å²) in [7, 11) is 0. The molecule has 5 rings (SSSR count). The van der Waals surface area contributed by atoms with Gasteiger partial charge in [-0.15, -0.1) is 0 Å². The number of rotatable bonds is 5. The lowest BCUT2D eigenvalue weighted by molar-refractivity contribution is -0.142. The van der Waals surface area contributed by atoms with E-state index in [9.17, 15) is 24.3 Å². The summed E-state index contributed by atoms with van der Waals surface area (Å²) >= 11 is 0. The maximum Gasteiger partial charge on any atom is 0.234 e. The van der Waals surface area contributed by atoms with Crippen LogP contribution in [-0.4, -0.2) is 51.6 Å². The predicted octanol–water partition coefficient (Wildman–Crippen LogP) is 3.16. The van der Waals surface area contributed by atoms with E-state index in [1.807, 2.05) is 32.9 Å². The number of imide groups is 2. The number of benzene rings is 1. The highest BCUT2D eigenvalue weighted by Gasteiger charge is 2.61. The number of fused-ring (bicyclic) bond motifs is 4. The molecular weight excluding hydrogens is 432 g/mol. The van der Waals surface area contributed by atoms with Gasteiger partial charge < -0.3 is 5.11 Å². The molecule has 4 aliphatic rings. The van der Waals surface area contributed by atoms with Crippen molar-refractivity contribution in [3.63, 3.8) is 0 Å². The first-order valence-electron chi connectivity index (χ1n) is 12.5. The topological polar surface area (TPSA) is 95.0 Å². The molecule has 1 N–H and O–H groups in total. The van der Waals surface area contributed by atoms with Gasteiger partial charge in [-0.2, -0.15) is 0 Å². The van der Waals surface area contributed by atoms with Gasteiger partial charge in [0, 0.05) is 19.0 Å². The second-order valence-electron chi connectivity index (χ2n) is 10.2. The minimum atomic E-state index is -0.513. The number of phenolic OH excluding ortho intramolecular Hbond substituents is 1. The SMILES string of the molecule is CCCN1C(=O)[C@H]2[C@H](CC=C3[C@H]2C[C@H]2C(=O)N(CCC)C(=O)[C@H]2[C@H]3c2ccc(O)c(C)c2)C1=O. The minimum absolute atomic E-state index is 0.104. The lowest BCUT2D eigenvalue weighted by Gasteiger charge is -2.44. The fourth-order valence-electron chi connectivity index (χ4n) is 6.85. The number of aryl methyl sites for hydroxylation is 1. The molecular formula is C27H32N2O5. The van der Waals surface area contributed by atoms with E-state index in [0.29, 0.717) is 44.3 Å². The van der Waals surface area contributed by atoms with Crippen molar-refractivity contribution in [2.45, 2.75) is 52.4 Å². The number of hydrogen-bond acceptors (Lipinski definition) is 5. The molecule has 2 saturated heterocycles. The van der Waals surface area contributed by atoms with Gasteiger partial charge in [-0.05, 0) is 55.7 Å². The molecule has 2 aliphatic heterocycles. The Hall–Kier alpha value is -2.96. The van der Waals surface area contributed by atoms with Crippen molar-refractivity contribution in [1.29, 1.82) is 0 Å². The second kappa shape index (κ2) is 8.36. The van der Waals surface area contributed by atoms with E-state index in [2.05, 4.69) is 6.08 Å². The van der Waals surface area contributed by atoms with Crippen LogP contribution in [0.2, 0.25) is 0 Å². The molecule has 2 aliphatic carbocycles. The van der Waals surface area contributed by atoms with E-state index in [-0.39, 0.29) is 47.1 Å². The average Bonchev–Trinajstić information content (AvgIpc) is 3.20. The molecule has 3 fully saturated rings. The van der Waals surface area contributed by atoms with Crippen molar-refractivity contribution < 1.29 is 24.3 Å². The zero-order valence-corrected chi connectivity index (χ0v) is 20.0. The van der Waals surface area contributed by atoms with E-state index >= 15 is 0 Å². The van der Waals surface area contributed by atoms with Crippen LogP contribution in [0.4, 0.5) is 0 Å². The van der Waals surface area contributed by atoms with Crippen LogP contribution >= 0.6 is 0 Å². The van der Waals surface area contributed by atoms with Crippen LogP contribution in [0.25, 0.3) is 0 Å². The van der Waals surface area contributed by atoms with Crippen molar-refractivity contribution in [3.05, 3.63) is 41.0 Å². The number of nitrogens with zero attached hydrogens (tertiary/aromatic N) is 2. The molecule has 6 atom stereocenters. The molecule has 1 aromatic carbocycles. The molecule has 1 saturated carbocycles. The number of aromatic hydroxyl groups is 1. The highest BCUT2D eigenvalue weighted by molar-refractivity contribution is 6.08. The van der Waals surface area contributed by atoms with Gasteiger partial charge in [-0.3, -0.25) is 29.0 Å². The number of allylic oxidation sites excluding steroid dienone is 2. The van der Waals surface area contributed by atoms with E-state index < -0.39 is 17.8 Å². The molecule has 2 heterocycles. The van der Waals surface area contributed by atoms with Gasteiger partial charge in [-0.25, -0.2) is 0 Å². The molecule has 7 nitrogen and oxygen atoms in total. The summed E-state index contributed by atoms with van der Waals surface area (Å²) in [6.45, 7) is 6.52. The first kappa shape index (κ1) is 22.8. The molecule has 1 aromatic rings. The number of hydrogen-bond donors (Lipinski definition) is 1. The fourth-order valence-corrected chi connectivity index (χ4v) is 6.85. The Kier molecular flexibility index (Phi) is 5.61. The fraction of sp³-hybridized carbons (Fsp3) is 0.556. The van der Waals surface area contributed by atoms with E-state index in [1.54, 1.807) is 6.07 Å². The van der Waals surface area contributed by atoms with Gasteiger partial charge in [0.15, 0.2) is 0 Å². The first-order chi connectivity index (χ1) is 16.3. The van der Waals surface area contributed by atoms with Crippen LogP contribution < -0.4 is 0 Å². The van der Waals surface area contributed by atoms with Crippen LogP contribution in [0.1, 0.15) is 56.6 Å². The average molecular weight is 465 g/mol. The lowest BCUT2D eigenvalue weighted by Crippen LogP contribution is -2.43. The highest BCUT2D eigenvalue weighted by Crippen LogP contribution is 2.58. The maximum absolute atomic E-state index is 13.5. The number of carbonyl (C=O) groups is 4. The summed E-state index contributed by atoms with van der Waals surface area (Å²) in [6.07, 6.45) is 4.37. The van der Waals surface area contributed by atoms with Crippen LogP contribution in [0.5, 0.6) is 5.75 Å². The van der Waals surface area contributed by atoms with Gasteiger partial charge in [0.1, 0.15) is 5.75 Å². The molecule has 0 bridgehead atoms. The smallest absolute Gasteiger partial charge is 0.234 e. The Labute approximate surface area is 199 Å². The zero-order valence-electron chi connectivity index (χ0n) is 20.0. The van der Waals surface area contributed by atoms with Crippen LogP contribution in [0.15, 0.2) is 29.8 Å². The van der Waals surface area contributed by atoms with Gasteiger partial charge in [0.2, 0.25) is 23.6 Å². The third kappa shape index (κ3) is 3.16. The number of carbonyl (C=O) groups excluding carboxylic acids is 4. The van der Waals surface area contributed by atoms with E-state index in [1.165, 1.54) is 9.80 Å². The third-order valence-electron chi connectivity index (χ3n) is 8.31. The normalized spacial score (nSPS) is 32.6. The monoisotopic (exact) mass is 464 g/mol. The highest BCUT2D eigenvalue weighted by atomic mass is 16.3. The number of amides is 4. The van der Waals surface area contributed by atoms with E-state index in [0.717, 1.165) is 11.1 Å². The van der Waals surface area contributed by atoms with E-state index in [4.69, 9.17) is 0 Å². The molecule has 0 unspecified atom stereocenters. The van der Waals surface area contributed by atoms with Crippen molar-refractivity contribution in [2.24, 2.45) is 29.6 Å². The second-order valence-corrected chi connectivity index (χ2v) is 10.2. The Morgan fingerprint density at radius 1 is 0.853 bits per heavy atom. The van der Waals surface area contributed by atoms with Crippen molar-refractivity contribution in [1.82, 2.24) is 9.80 Å². The summed E-state index contributed by atoms with van der Waals surface area (Å²) in [5, 5.41) is 10.1. The van der Waals surface area contributed by atoms with Crippen molar-refractivity contribution in [2.75, 3.05) is 13.1 Å². The lowest BCUT2D eigenvalue weighted by atomic mass is 9.57. The standard InChI is InChI=1S/C27H32N2O5/c1-4-10-28-24(31)17-8-7-16-18(22(17)26(28)33)13-19-23(27(34)29(11-5-2)25(19)32)21(16)15-6-9-20(30)14(3)12-15/h6-7,9,12,17-19,21-23,30H,4-5,8,10-11,13H2,1-3H3/t17-,18+,19+,21-,22-,23+/m0/s1. The molecule has 180 valence electrons. The summed E-state index contributed by atoms with van der Waals surface area (Å²) in [6, 6.07) is 5.34. The molecule has 0 spiro atoms. The maximum atomic E-state index is 13.5. The molecule has 0 radical (unpaired) electrons. The molecule has 4 amide bonds. The van der Waals surface area contributed by atoms with Gasteiger partial charge >= 0.3 is 0 Å². The predicted molar refractivity (Wildman–Crippen MR) is 124 cm³/mol. The van der Waals surface area contributed by atoms with Crippen molar-refractivity contribution >= 4 is 23.6 Å². The minimum Gasteiger partial charge on any atom is -0.508 e. The van der Waals surface area contributed by atoms with Gasteiger partial charge in [-0.1, -0.05) is 37.6 Å². The summed E-state index contributed by atoms with van der Waals surface area (Å²) in [4.78, 5) is 56.2. The van der Waals surface area contributed by atoms with Crippen LogP contribution in [0.3, 0.4) is 0 Å². The zero-order chi connectivity index (χ0) is 24.3. The number of likely N-dealkylation sites (tertiary alicyclic amines) is 2. The summed E-state index contributed by atoms with van der Waals surface area (Å²) in [5.41, 5.74) is 2.59. The third-order valence-corrected chi connectivity index (χ3v) is 8.31. The summed E-state index contributed by atoms with van der Waals surface area (Å²) in [5.74, 6) is -2.80. The Bertz CT molecular complexity index is 1110. The van der Waals surface area contributed by atoms with Gasteiger partial charge in [0.05, 0.1) is 23.7 Å².